The van der Waals surface area contributed by atoms with Gasteiger partial charge in [-0.15, -0.1) is 0 Å². The van der Waals surface area contributed by atoms with Gasteiger partial charge in [-0.3, -0.25) is 4.79 Å². The van der Waals surface area contributed by atoms with Gasteiger partial charge in [-0.05, 0) is 42.5 Å². The van der Waals surface area contributed by atoms with Crippen LogP contribution in [0.3, 0.4) is 0 Å². The van der Waals surface area contributed by atoms with Crippen LogP contribution in [-0.4, -0.2) is 41.6 Å². The molecule has 0 saturated carbocycles. The second-order valence-electron chi connectivity index (χ2n) is 7.25. The molecule has 3 rings (SSSR count). The Morgan fingerprint density at radius 2 is 1.82 bits per heavy atom. The molecular formula is C23H27NO4. The van der Waals surface area contributed by atoms with Gasteiger partial charge in [-0.2, -0.15) is 0 Å². The van der Waals surface area contributed by atoms with Crippen LogP contribution in [0.15, 0.2) is 54.6 Å². The maximum absolute atomic E-state index is 12.5. The van der Waals surface area contributed by atoms with Gasteiger partial charge < -0.3 is 14.7 Å². The molecule has 0 aromatic heterocycles. The number of carboxylic acid groups (broad SMARTS) is 1. The number of likely N-dealkylation sites (tertiary alicyclic amines) is 1. The molecule has 1 saturated heterocycles. The van der Waals surface area contributed by atoms with Crippen LogP contribution in [0.2, 0.25) is 0 Å². The van der Waals surface area contributed by atoms with E-state index in [1.54, 1.807) is 12.1 Å². The van der Waals surface area contributed by atoms with Gasteiger partial charge >= 0.3 is 5.97 Å². The van der Waals surface area contributed by atoms with Gasteiger partial charge in [0.2, 0.25) is 5.91 Å². The molecule has 0 spiro atoms. The zero-order chi connectivity index (χ0) is 19.8. The van der Waals surface area contributed by atoms with Crippen LogP contribution in [0, 0.1) is 0 Å². The van der Waals surface area contributed by atoms with Gasteiger partial charge in [0.1, 0.15) is 0 Å². The van der Waals surface area contributed by atoms with E-state index in [1.165, 1.54) is 0 Å². The number of hydrogen-bond acceptors (Lipinski definition) is 3. The van der Waals surface area contributed by atoms with Crippen molar-refractivity contribution in [2.24, 2.45) is 0 Å². The molecule has 0 radical (unpaired) electrons. The minimum absolute atomic E-state index is 0.176. The van der Waals surface area contributed by atoms with Gasteiger partial charge in [-0.1, -0.05) is 42.5 Å². The van der Waals surface area contributed by atoms with Crippen molar-refractivity contribution in [1.29, 1.82) is 0 Å². The van der Waals surface area contributed by atoms with Crippen LogP contribution < -0.4 is 0 Å². The zero-order valence-electron chi connectivity index (χ0n) is 16.0. The van der Waals surface area contributed by atoms with Gasteiger partial charge in [0.25, 0.3) is 0 Å². The first-order valence-electron chi connectivity index (χ1n) is 9.86. The molecule has 5 heteroatoms. The second-order valence-corrected chi connectivity index (χ2v) is 7.25. The monoisotopic (exact) mass is 381 g/mol. The number of rotatable bonds is 8. The van der Waals surface area contributed by atoms with Crippen molar-refractivity contribution in [3.05, 3.63) is 71.3 Å². The summed E-state index contributed by atoms with van der Waals surface area (Å²) in [4.78, 5) is 25.5. The fourth-order valence-corrected chi connectivity index (χ4v) is 3.62. The Hall–Kier alpha value is -2.66. The Kier molecular flexibility index (Phi) is 7.20. The van der Waals surface area contributed by atoms with E-state index < -0.39 is 5.97 Å². The maximum atomic E-state index is 12.5. The van der Waals surface area contributed by atoms with E-state index in [-0.39, 0.29) is 11.8 Å². The smallest absolute Gasteiger partial charge is 0.335 e. The lowest BCUT2D eigenvalue weighted by Gasteiger charge is -2.33. The Morgan fingerprint density at radius 3 is 2.54 bits per heavy atom. The SMILES string of the molecule is O=C(O)c1ccc(C2CCCN(C(=O)CCCOCc3ccccc3)C2)cc1. The number of hydrogen-bond donors (Lipinski definition) is 1. The first kappa shape index (κ1) is 20.1. The van der Waals surface area contributed by atoms with Crippen molar-refractivity contribution >= 4 is 11.9 Å². The van der Waals surface area contributed by atoms with Crippen molar-refractivity contribution in [3.63, 3.8) is 0 Å². The van der Waals surface area contributed by atoms with Crippen LogP contribution >= 0.6 is 0 Å². The summed E-state index contributed by atoms with van der Waals surface area (Å²) in [6, 6.07) is 17.1. The zero-order valence-corrected chi connectivity index (χ0v) is 16.0. The summed E-state index contributed by atoms with van der Waals surface area (Å²) in [6.45, 7) is 2.66. The van der Waals surface area contributed by atoms with E-state index in [9.17, 15) is 9.59 Å². The van der Waals surface area contributed by atoms with E-state index in [1.807, 2.05) is 47.4 Å². The molecule has 1 amide bonds. The molecule has 0 aliphatic carbocycles. The molecule has 1 heterocycles. The molecule has 1 aliphatic rings. The standard InChI is InChI=1S/C23H27NO4/c25-22(9-5-15-28-17-18-6-2-1-3-7-18)24-14-4-8-21(16-24)19-10-12-20(13-11-19)23(26)27/h1-3,6-7,10-13,21H,4-5,8-9,14-17H2,(H,26,27). The normalized spacial score (nSPS) is 16.7. The number of nitrogens with zero attached hydrogens (tertiary/aromatic N) is 1. The topological polar surface area (TPSA) is 66.8 Å². The van der Waals surface area contributed by atoms with Gasteiger partial charge in [0.15, 0.2) is 0 Å². The van der Waals surface area contributed by atoms with Crippen LogP contribution in [0.4, 0.5) is 0 Å². The molecule has 2 aromatic rings. The molecule has 1 fully saturated rings. The average molecular weight is 381 g/mol. The Balaban J connectivity index is 1.42. The average Bonchev–Trinajstić information content (AvgIpc) is 2.74. The van der Waals surface area contributed by atoms with Crippen LogP contribution in [0.25, 0.3) is 0 Å². The van der Waals surface area contributed by atoms with Gasteiger partial charge in [0.05, 0.1) is 12.2 Å². The largest absolute Gasteiger partial charge is 0.478 e. The number of amides is 1. The first-order valence-corrected chi connectivity index (χ1v) is 9.86. The molecule has 1 unspecified atom stereocenters. The molecule has 2 aromatic carbocycles. The summed E-state index contributed by atoms with van der Waals surface area (Å²) >= 11 is 0. The number of carbonyl (C=O) groups excluding carboxylic acids is 1. The van der Waals surface area contributed by atoms with Gasteiger partial charge in [0, 0.05) is 32.0 Å². The van der Waals surface area contributed by atoms with Crippen LogP contribution in [0.5, 0.6) is 0 Å². The van der Waals surface area contributed by atoms with Crippen molar-refractivity contribution in [1.82, 2.24) is 4.90 Å². The van der Waals surface area contributed by atoms with Gasteiger partial charge in [-0.25, -0.2) is 4.79 Å². The fraction of sp³-hybridized carbons (Fsp3) is 0.391. The molecule has 0 bridgehead atoms. The van der Waals surface area contributed by atoms with Crippen molar-refractivity contribution in [2.75, 3.05) is 19.7 Å². The lowest BCUT2D eigenvalue weighted by atomic mass is 9.90. The fourth-order valence-electron chi connectivity index (χ4n) is 3.62. The molecule has 5 nitrogen and oxygen atoms in total. The second kappa shape index (κ2) is 10.0. The summed E-state index contributed by atoms with van der Waals surface area (Å²) in [6.07, 6.45) is 3.22. The number of carbonyl (C=O) groups is 2. The third-order valence-electron chi connectivity index (χ3n) is 5.19. The predicted molar refractivity (Wildman–Crippen MR) is 107 cm³/mol. The minimum atomic E-state index is -0.915. The lowest BCUT2D eigenvalue weighted by molar-refractivity contribution is -0.132. The molecule has 148 valence electrons. The van der Waals surface area contributed by atoms with E-state index in [2.05, 4.69) is 0 Å². The highest BCUT2D eigenvalue weighted by atomic mass is 16.5. The Bertz CT molecular complexity index is 773. The summed E-state index contributed by atoms with van der Waals surface area (Å²) in [5.41, 5.74) is 2.54. The number of benzene rings is 2. The molecule has 28 heavy (non-hydrogen) atoms. The first-order chi connectivity index (χ1) is 13.6. The van der Waals surface area contributed by atoms with Crippen LogP contribution in [-0.2, 0) is 16.1 Å². The highest BCUT2D eigenvalue weighted by Crippen LogP contribution is 2.27. The van der Waals surface area contributed by atoms with Crippen molar-refractivity contribution < 1.29 is 19.4 Å². The summed E-state index contributed by atoms with van der Waals surface area (Å²) in [5, 5.41) is 9.02. The van der Waals surface area contributed by atoms with E-state index in [4.69, 9.17) is 9.84 Å². The predicted octanol–water partition coefficient (Wildman–Crippen LogP) is 4.09. The molecule has 1 N–H and O–H groups in total. The van der Waals surface area contributed by atoms with E-state index in [0.29, 0.717) is 31.7 Å². The lowest BCUT2D eigenvalue weighted by Crippen LogP contribution is -2.39. The number of ether oxygens (including phenoxy) is 1. The summed E-state index contributed by atoms with van der Waals surface area (Å²) < 4.78 is 5.66. The van der Waals surface area contributed by atoms with Crippen molar-refractivity contribution in [3.8, 4) is 0 Å². The van der Waals surface area contributed by atoms with E-state index in [0.717, 1.165) is 36.9 Å². The highest BCUT2D eigenvalue weighted by Gasteiger charge is 2.24. The van der Waals surface area contributed by atoms with Crippen LogP contribution in [0.1, 0.15) is 53.1 Å². The van der Waals surface area contributed by atoms with E-state index >= 15 is 0 Å². The minimum Gasteiger partial charge on any atom is -0.478 e. The highest BCUT2D eigenvalue weighted by molar-refractivity contribution is 5.87. The summed E-state index contributed by atoms with van der Waals surface area (Å²) in [5.74, 6) is -0.466. The Labute approximate surface area is 165 Å². The number of piperidine rings is 1. The maximum Gasteiger partial charge on any atom is 0.335 e. The number of carboxylic acids is 1. The molecular weight excluding hydrogens is 354 g/mol. The van der Waals surface area contributed by atoms with Crippen molar-refractivity contribution in [2.45, 2.75) is 38.2 Å². The number of aromatic carboxylic acids is 1. The summed E-state index contributed by atoms with van der Waals surface area (Å²) in [7, 11) is 0. The molecule has 1 aliphatic heterocycles. The third-order valence-corrected chi connectivity index (χ3v) is 5.19. The third kappa shape index (κ3) is 5.67. The molecule has 1 atom stereocenters. The quantitative estimate of drug-likeness (QED) is 0.700. The Morgan fingerprint density at radius 1 is 1.07 bits per heavy atom.